The van der Waals surface area contributed by atoms with E-state index in [1.165, 1.54) is 0 Å². The summed E-state index contributed by atoms with van der Waals surface area (Å²) >= 11 is 0. The van der Waals surface area contributed by atoms with Crippen molar-refractivity contribution >= 4 is 17.4 Å². The van der Waals surface area contributed by atoms with Crippen molar-refractivity contribution < 1.29 is 13.4 Å². The quantitative estimate of drug-likeness (QED) is 0.498. The second kappa shape index (κ2) is 4.29. The zero-order valence-electron chi connectivity index (χ0n) is 2.25. The molecule has 0 amide bonds. The molecule has 5 heteroatoms. The van der Waals surface area contributed by atoms with Gasteiger partial charge in [0, 0.05) is 0 Å². The summed E-state index contributed by atoms with van der Waals surface area (Å²) in [6, 6.07) is 0. The van der Waals surface area contributed by atoms with Gasteiger partial charge in [0.2, 0.25) is 0 Å². The van der Waals surface area contributed by atoms with Crippen molar-refractivity contribution in [3.63, 3.8) is 0 Å². The molecule has 0 heterocycles. The SMILES string of the molecule is O=PO[PH2]=O. The first-order valence-corrected chi connectivity index (χ1v) is 2.51. The van der Waals surface area contributed by atoms with Crippen molar-refractivity contribution in [3.05, 3.63) is 0 Å². The fourth-order valence-corrected chi connectivity index (χ4v) is 0.158. The Morgan fingerprint density at radius 2 is 2.40 bits per heavy atom. The molecule has 0 saturated heterocycles. The third-order valence-corrected chi connectivity index (χ3v) is 0.775. The fourth-order valence-electron chi connectivity index (χ4n) is 0.0176. The van der Waals surface area contributed by atoms with Gasteiger partial charge in [-0.3, -0.25) is 4.57 Å². The molecule has 0 aliphatic rings. The molecule has 1 atom stereocenters. The van der Waals surface area contributed by atoms with E-state index < -0.39 is 17.4 Å². The maximum atomic E-state index is 9.18. The molecule has 0 spiro atoms. The highest BCUT2D eigenvalue weighted by Crippen LogP contribution is 2.04. The number of hydrogen-bond acceptors (Lipinski definition) is 3. The predicted molar refractivity (Wildman–Crippen MR) is 19.1 cm³/mol. The van der Waals surface area contributed by atoms with Gasteiger partial charge in [-0.15, -0.1) is 0 Å². The summed E-state index contributed by atoms with van der Waals surface area (Å²) in [5, 5.41) is 0. The molecule has 0 N–H and O–H groups in total. The summed E-state index contributed by atoms with van der Waals surface area (Å²) in [6.07, 6.45) is 0. The first kappa shape index (κ1) is 5.29. The molecular formula is H2O3P2. The lowest BCUT2D eigenvalue weighted by atomic mass is 15.8. The van der Waals surface area contributed by atoms with E-state index >= 15 is 0 Å². The number of rotatable bonds is 2. The molecular weight excluding hydrogens is 110 g/mol. The molecule has 0 aromatic carbocycles. The molecule has 1 unspecified atom stereocenters. The summed E-state index contributed by atoms with van der Waals surface area (Å²) in [6.45, 7) is 0. The topological polar surface area (TPSA) is 43.4 Å². The van der Waals surface area contributed by atoms with Crippen LogP contribution in [0.3, 0.4) is 0 Å². The lowest BCUT2D eigenvalue weighted by Crippen LogP contribution is -1.26. The molecule has 0 aromatic heterocycles. The predicted octanol–water partition coefficient (Wildman–Crippen LogP) is 0.881. The van der Waals surface area contributed by atoms with Crippen molar-refractivity contribution in [1.29, 1.82) is 0 Å². The molecule has 0 aliphatic heterocycles. The lowest BCUT2D eigenvalue weighted by molar-refractivity contribution is 0.516. The summed E-state index contributed by atoms with van der Waals surface area (Å²) in [5.41, 5.74) is 0. The first-order chi connectivity index (χ1) is 2.41. The average Bonchev–Trinajstić information content (AvgIpc) is 1.41. The monoisotopic (exact) mass is 112 g/mol. The van der Waals surface area contributed by atoms with Crippen LogP contribution in [0.5, 0.6) is 0 Å². The van der Waals surface area contributed by atoms with Crippen molar-refractivity contribution in [2.24, 2.45) is 0 Å². The van der Waals surface area contributed by atoms with Gasteiger partial charge in [0.05, 0.1) is 0 Å². The smallest absolute Gasteiger partial charge is 0.299 e. The molecule has 0 bridgehead atoms. The summed E-state index contributed by atoms with van der Waals surface area (Å²) in [5.74, 6) is 0. The van der Waals surface area contributed by atoms with E-state index in [1.807, 2.05) is 0 Å². The zero-order chi connectivity index (χ0) is 4.12. The van der Waals surface area contributed by atoms with Gasteiger partial charge in [-0.05, 0) is 0 Å². The highest BCUT2D eigenvalue weighted by Gasteiger charge is 1.61. The Morgan fingerprint density at radius 1 is 1.80 bits per heavy atom. The fraction of sp³-hybridized carbons (Fsp3) is 0. The van der Waals surface area contributed by atoms with Crippen LogP contribution >= 0.6 is 17.4 Å². The Morgan fingerprint density at radius 3 is 2.40 bits per heavy atom. The highest BCUT2D eigenvalue weighted by atomic mass is 31.1. The van der Waals surface area contributed by atoms with Crippen molar-refractivity contribution in [2.75, 3.05) is 0 Å². The van der Waals surface area contributed by atoms with Gasteiger partial charge < -0.3 is 0 Å². The maximum Gasteiger partial charge on any atom is 0.333 e. The Balaban J connectivity index is 2.65. The first-order valence-electron chi connectivity index (χ1n) is 0.837. The molecule has 0 saturated carbocycles. The third-order valence-electron chi connectivity index (χ3n) is 0.0861. The van der Waals surface area contributed by atoms with Gasteiger partial charge in [-0.1, -0.05) is 0 Å². The minimum atomic E-state index is -1.29. The van der Waals surface area contributed by atoms with Crippen LogP contribution in [0.25, 0.3) is 0 Å². The molecule has 0 rings (SSSR count). The van der Waals surface area contributed by atoms with E-state index in [1.54, 1.807) is 0 Å². The molecule has 30 valence electrons. The summed E-state index contributed by atoms with van der Waals surface area (Å²) in [7, 11) is -1.78. The Labute approximate surface area is 31.9 Å². The van der Waals surface area contributed by atoms with Gasteiger partial charge in [0.25, 0.3) is 0 Å². The Hall–Kier alpha value is 0.290. The van der Waals surface area contributed by atoms with Crippen LogP contribution in [0.15, 0.2) is 0 Å². The molecule has 0 radical (unpaired) electrons. The molecule has 0 aliphatic carbocycles. The van der Waals surface area contributed by atoms with Crippen molar-refractivity contribution in [1.82, 2.24) is 0 Å². The third kappa shape index (κ3) is 4.29. The van der Waals surface area contributed by atoms with E-state index in [2.05, 4.69) is 4.31 Å². The van der Waals surface area contributed by atoms with E-state index in [9.17, 15) is 4.57 Å². The van der Waals surface area contributed by atoms with Crippen LogP contribution in [0.2, 0.25) is 0 Å². The van der Waals surface area contributed by atoms with Gasteiger partial charge in [0.15, 0.2) is 8.69 Å². The van der Waals surface area contributed by atoms with Crippen LogP contribution in [0.4, 0.5) is 0 Å². The van der Waals surface area contributed by atoms with Crippen LogP contribution in [-0.4, -0.2) is 0 Å². The average molecular weight is 112 g/mol. The van der Waals surface area contributed by atoms with Gasteiger partial charge >= 0.3 is 8.69 Å². The van der Waals surface area contributed by atoms with E-state index in [0.717, 1.165) is 0 Å². The van der Waals surface area contributed by atoms with Crippen LogP contribution in [-0.2, 0) is 13.4 Å². The summed E-state index contributed by atoms with van der Waals surface area (Å²) in [4.78, 5) is 0. The van der Waals surface area contributed by atoms with E-state index in [0.29, 0.717) is 0 Å². The molecule has 0 aromatic rings. The lowest BCUT2D eigenvalue weighted by Gasteiger charge is -1.59. The second-order valence-corrected chi connectivity index (χ2v) is 1.46. The summed E-state index contributed by atoms with van der Waals surface area (Å²) < 4.78 is 22.1. The molecule has 3 nitrogen and oxygen atoms in total. The van der Waals surface area contributed by atoms with Gasteiger partial charge in [-0.2, -0.15) is 0 Å². The Kier molecular flexibility index (Phi) is 4.54. The largest absolute Gasteiger partial charge is 0.333 e. The standard InChI is InChI=1S/H2O3P2/c1-4-3-5-2/h4H2. The van der Waals surface area contributed by atoms with Crippen molar-refractivity contribution in [3.8, 4) is 0 Å². The maximum absolute atomic E-state index is 9.18. The minimum absolute atomic E-state index is 0.496. The highest BCUT2D eigenvalue weighted by molar-refractivity contribution is 7.32. The molecule has 5 heavy (non-hydrogen) atoms. The zero-order valence-corrected chi connectivity index (χ0v) is 4.30. The molecule has 0 fully saturated rings. The second-order valence-electron chi connectivity index (χ2n) is 0.276. The van der Waals surface area contributed by atoms with E-state index in [4.69, 9.17) is 4.57 Å². The van der Waals surface area contributed by atoms with Crippen molar-refractivity contribution in [2.45, 2.75) is 0 Å². The van der Waals surface area contributed by atoms with Crippen LogP contribution in [0, 0.1) is 0 Å². The number of hydrogen-bond donors (Lipinski definition) is 0. The van der Waals surface area contributed by atoms with Crippen LogP contribution < -0.4 is 0 Å². The van der Waals surface area contributed by atoms with Gasteiger partial charge in [-0.25, -0.2) is 8.88 Å². The van der Waals surface area contributed by atoms with Crippen LogP contribution in [0.1, 0.15) is 0 Å². The normalized spacial score (nSPS) is 11.2. The van der Waals surface area contributed by atoms with E-state index in [-0.39, 0.29) is 0 Å². The minimum Gasteiger partial charge on any atom is -0.299 e. The van der Waals surface area contributed by atoms with Gasteiger partial charge in [0.1, 0.15) is 0 Å². The Bertz CT molecular complexity index is 34.2.